The van der Waals surface area contributed by atoms with Crippen LogP contribution in [0.25, 0.3) is 0 Å². The second-order valence-electron chi connectivity index (χ2n) is 9.72. The number of amides is 1. The van der Waals surface area contributed by atoms with Crippen molar-refractivity contribution in [1.82, 2.24) is 4.90 Å². The van der Waals surface area contributed by atoms with E-state index in [1.165, 1.54) is 19.3 Å². The van der Waals surface area contributed by atoms with Crippen molar-refractivity contribution < 1.29 is 4.79 Å². The van der Waals surface area contributed by atoms with E-state index in [-0.39, 0.29) is 11.0 Å². The van der Waals surface area contributed by atoms with Crippen LogP contribution in [-0.4, -0.2) is 29.3 Å². The van der Waals surface area contributed by atoms with Gasteiger partial charge in [0.15, 0.2) is 0 Å². The van der Waals surface area contributed by atoms with E-state index in [0.717, 1.165) is 25.2 Å². The van der Waals surface area contributed by atoms with Crippen LogP contribution in [0.15, 0.2) is 0 Å². The average Bonchev–Trinajstić information content (AvgIpc) is 2.32. The fourth-order valence-electron chi connectivity index (χ4n) is 6.41. The van der Waals surface area contributed by atoms with Crippen molar-refractivity contribution >= 4 is 17.5 Å². The first-order chi connectivity index (χ1) is 9.53. The van der Waals surface area contributed by atoms with Gasteiger partial charge in [0.05, 0.1) is 11.0 Å². The summed E-state index contributed by atoms with van der Waals surface area (Å²) in [6.45, 7) is 8.98. The number of hydrogen-bond acceptors (Lipinski definition) is 1. The molecule has 2 unspecified atom stereocenters. The molecule has 4 rings (SSSR count). The molecule has 4 aliphatic rings. The topological polar surface area (TPSA) is 20.3 Å². The van der Waals surface area contributed by atoms with Crippen molar-refractivity contribution in [2.24, 2.45) is 22.2 Å². The average molecular weight is 312 g/mol. The lowest BCUT2D eigenvalue weighted by atomic mass is 9.40. The number of hydrogen-bond donors (Lipinski definition) is 0. The molecule has 4 saturated carbocycles. The molecule has 4 aliphatic carbocycles. The van der Waals surface area contributed by atoms with Crippen LogP contribution in [0.3, 0.4) is 0 Å². The second kappa shape index (κ2) is 4.40. The number of rotatable bonds is 3. The quantitative estimate of drug-likeness (QED) is 0.705. The molecule has 0 aromatic carbocycles. The van der Waals surface area contributed by atoms with Crippen molar-refractivity contribution in [2.45, 2.75) is 71.8 Å². The molecule has 0 N–H and O–H groups in total. The summed E-state index contributed by atoms with van der Waals surface area (Å²) in [4.78, 5) is 15.3. The van der Waals surface area contributed by atoms with Gasteiger partial charge in [0.1, 0.15) is 0 Å². The minimum Gasteiger partial charge on any atom is -0.339 e. The molecule has 2 atom stereocenters. The number of carbonyl (C=O) groups is 1. The minimum absolute atomic E-state index is 0.110. The molecule has 0 heterocycles. The van der Waals surface area contributed by atoms with Gasteiger partial charge in [0, 0.05) is 12.9 Å². The molecule has 1 amide bonds. The van der Waals surface area contributed by atoms with Crippen LogP contribution in [0.4, 0.5) is 0 Å². The Morgan fingerprint density at radius 2 is 1.67 bits per heavy atom. The molecule has 0 aliphatic heterocycles. The third-order valence-corrected chi connectivity index (χ3v) is 7.27. The Morgan fingerprint density at radius 3 is 2.10 bits per heavy atom. The lowest BCUT2D eigenvalue weighted by Crippen LogP contribution is -2.62. The lowest BCUT2D eigenvalue weighted by molar-refractivity contribution is -0.181. The molecule has 3 heteroatoms. The van der Waals surface area contributed by atoms with Crippen LogP contribution in [-0.2, 0) is 4.79 Å². The van der Waals surface area contributed by atoms with Gasteiger partial charge < -0.3 is 4.90 Å². The summed E-state index contributed by atoms with van der Waals surface area (Å²) < 4.78 is 0. The maximum atomic E-state index is 13.4. The van der Waals surface area contributed by atoms with Gasteiger partial charge in [0.2, 0.25) is 5.91 Å². The van der Waals surface area contributed by atoms with Gasteiger partial charge in [-0.15, -0.1) is 11.6 Å². The molecule has 0 aromatic heterocycles. The molecule has 4 bridgehead atoms. The van der Waals surface area contributed by atoms with Gasteiger partial charge in [-0.05, 0) is 69.1 Å². The van der Waals surface area contributed by atoms with Crippen LogP contribution in [0.1, 0.15) is 66.2 Å². The second-order valence-corrected chi connectivity index (χ2v) is 9.99. The molecule has 0 radical (unpaired) electrons. The van der Waals surface area contributed by atoms with E-state index in [0.29, 0.717) is 22.6 Å². The molecule has 0 saturated heterocycles. The van der Waals surface area contributed by atoms with Crippen LogP contribution < -0.4 is 0 Å². The first kappa shape index (κ1) is 15.6. The highest BCUT2D eigenvalue weighted by molar-refractivity contribution is 6.18. The van der Waals surface area contributed by atoms with Gasteiger partial charge >= 0.3 is 0 Å². The Morgan fingerprint density at radius 1 is 1.14 bits per heavy atom. The molecule has 21 heavy (non-hydrogen) atoms. The molecular weight excluding hydrogens is 282 g/mol. The first-order valence-corrected chi connectivity index (χ1v) is 8.91. The normalized spacial score (nSPS) is 45.0. The number of carbonyl (C=O) groups excluding carboxylic acids is 1. The van der Waals surface area contributed by atoms with Gasteiger partial charge in [-0.3, -0.25) is 4.79 Å². The van der Waals surface area contributed by atoms with Gasteiger partial charge in [-0.1, -0.05) is 13.8 Å². The summed E-state index contributed by atoms with van der Waals surface area (Å²) in [5.74, 6) is 1.60. The van der Waals surface area contributed by atoms with Crippen LogP contribution in [0.2, 0.25) is 0 Å². The standard InChI is InChI=1S/C18H30ClNO/c1-15(2,12-19)20(5)14(21)18-8-13-6-16(3,10-18)9-17(4,7-13)11-18/h13H,6-12H2,1-5H3. The monoisotopic (exact) mass is 311 g/mol. The Labute approximate surface area is 134 Å². The highest BCUT2D eigenvalue weighted by Crippen LogP contribution is 2.69. The van der Waals surface area contributed by atoms with Crippen molar-refractivity contribution in [3.05, 3.63) is 0 Å². The Hall–Kier alpha value is -0.240. The van der Waals surface area contributed by atoms with Crippen molar-refractivity contribution in [3.63, 3.8) is 0 Å². The SMILES string of the molecule is CN(C(=O)C12CC3CC(C)(CC(C)(C3)C1)C2)C(C)(C)CCl. The molecular formula is C18H30ClNO. The Balaban J connectivity index is 1.93. The number of halogens is 1. The summed E-state index contributed by atoms with van der Waals surface area (Å²) in [7, 11) is 1.95. The summed E-state index contributed by atoms with van der Waals surface area (Å²) in [6, 6.07) is 0. The van der Waals surface area contributed by atoms with Gasteiger partial charge in [-0.2, -0.15) is 0 Å². The molecule has 2 nitrogen and oxygen atoms in total. The van der Waals surface area contributed by atoms with Crippen LogP contribution >= 0.6 is 11.6 Å². The number of nitrogens with zero attached hydrogens (tertiary/aromatic N) is 1. The maximum Gasteiger partial charge on any atom is 0.229 e. The van der Waals surface area contributed by atoms with Crippen molar-refractivity contribution in [2.75, 3.05) is 12.9 Å². The first-order valence-electron chi connectivity index (χ1n) is 8.38. The Kier molecular flexibility index (Phi) is 3.28. The zero-order valence-electron chi connectivity index (χ0n) is 14.3. The zero-order valence-corrected chi connectivity index (χ0v) is 15.0. The maximum absolute atomic E-state index is 13.4. The number of alkyl halides is 1. The van der Waals surface area contributed by atoms with E-state index in [1.54, 1.807) is 0 Å². The molecule has 4 fully saturated rings. The van der Waals surface area contributed by atoms with Crippen molar-refractivity contribution in [3.8, 4) is 0 Å². The zero-order chi connectivity index (χ0) is 15.7. The van der Waals surface area contributed by atoms with E-state index in [2.05, 4.69) is 27.7 Å². The fourth-order valence-corrected chi connectivity index (χ4v) is 6.59. The third kappa shape index (κ3) is 2.33. The van der Waals surface area contributed by atoms with E-state index >= 15 is 0 Å². The highest BCUT2D eigenvalue weighted by Gasteiger charge is 2.63. The predicted octanol–water partition coefficient (Wildman–Crippen LogP) is 4.46. The minimum atomic E-state index is -0.260. The van der Waals surface area contributed by atoms with E-state index in [4.69, 9.17) is 11.6 Å². The van der Waals surface area contributed by atoms with Gasteiger partial charge in [-0.25, -0.2) is 0 Å². The smallest absolute Gasteiger partial charge is 0.229 e. The summed E-state index contributed by atoms with van der Waals surface area (Å²) >= 11 is 6.10. The van der Waals surface area contributed by atoms with Crippen LogP contribution in [0, 0.1) is 22.2 Å². The van der Waals surface area contributed by atoms with Gasteiger partial charge in [0.25, 0.3) is 0 Å². The summed E-state index contributed by atoms with van der Waals surface area (Å²) in [6.07, 6.45) is 7.27. The summed E-state index contributed by atoms with van der Waals surface area (Å²) in [5, 5.41) is 0. The third-order valence-electron chi connectivity index (χ3n) is 6.62. The predicted molar refractivity (Wildman–Crippen MR) is 87.4 cm³/mol. The fraction of sp³-hybridized carbons (Fsp3) is 0.944. The summed E-state index contributed by atoms with van der Waals surface area (Å²) in [5.41, 5.74) is 0.399. The highest BCUT2D eigenvalue weighted by atomic mass is 35.5. The van der Waals surface area contributed by atoms with E-state index < -0.39 is 0 Å². The van der Waals surface area contributed by atoms with E-state index in [1.807, 2.05) is 11.9 Å². The van der Waals surface area contributed by atoms with Crippen LogP contribution in [0.5, 0.6) is 0 Å². The molecule has 0 aromatic rings. The van der Waals surface area contributed by atoms with E-state index in [9.17, 15) is 4.79 Å². The lowest BCUT2D eigenvalue weighted by Gasteiger charge is -2.65. The van der Waals surface area contributed by atoms with Crippen molar-refractivity contribution in [1.29, 1.82) is 0 Å². The molecule has 120 valence electrons. The largest absolute Gasteiger partial charge is 0.339 e. The Bertz CT molecular complexity index is 454. The molecule has 0 spiro atoms.